The Morgan fingerprint density at radius 3 is 2.90 bits per heavy atom. The molecule has 106 valence electrons. The lowest BCUT2D eigenvalue weighted by Gasteiger charge is -2.24. The van der Waals surface area contributed by atoms with Crippen LogP contribution < -0.4 is 10.6 Å². The van der Waals surface area contributed by atoms with Crippen molar-refractivity contribution in [1.82, 2.24) is 10.1 Å². The maximum Gasteiger partial charge on any atom is 0.266 e. The van der Waals surface area contributed by atoms with Crippen molar-refractivity contribution in [2.45, 2.75) is 6.42 Å². The summed E-state index contributed by atoms with van der Waals surface area (Å²) in [7, 11) is 0. The van der Waals surface area contributed by atoms with Crippen LogP contribution in [0.5, 0.6) is 0 Å². The summed E-state index contributed by atoms with van der Waals surface area (Å²) in [6.45, 7) is 3.64. The van der Waals surface area contributed by atoms with Crippen molar-refractivity contribution in [3.05, 3.63) is 29.8 Å². The first kappa shape index (κ1) is 13.1. The first-order chi connectivity index (χ1) is 9.86. The van der Waals surface area contributed by atoms with Crippen LogP contribution in [0.25, 0.3) is 11.5 Å². The highest BCUT2D eigenvalue weighted by atomic mass is 16.5. The van der Waals surface area contributed by atoms with Gasteiger partial charge in [-0.15, -0.1) is 0 Å². The summed E-state index contributed by atoms with van der Waals surface area (Å²) >= 11 is 0. The molecule has 1 saturated heterocycles. The van der Waals surface area contributed by atoms with Gasteiger partial charge in [0, 0.05) is 18.7 Å². The van der Waals surface area contributed by atoms with E-state index in [9.17, 15) is 0 Å². The number of morpholine rings is 1. The summed E-state index contributed by atoms with van der Waals surface area (Å²) < 4.78 is 10.7. The number of rotatable bonds is 4. The maximum atomic E-state index is 5.58. The minimum Gasteiger partial charge on any atom is -0.378 e. The lowest BCUT2D eigenvalue weighted by atomic mass is 10.1. The maximum absolute atomic E-state index is 5.58. The van der Waals surface area contributed by atoms with Gasteiger partial charge in [0.25, 0.3) is 11.8 Å². The number of nitrogens with two attached hydrogens (primary N) is 1. The van der Waals surface area contributed by atoms with E-state index in [1.54, 1.807) is 0 Å². The van der Waals surface area contributed by atoms with E-state index >= 15 is 0 Å². The van der Waals surface area contributed by atoms with Gasteiger partial charge in [0.1, 0.15) is 0 Å². The SMILES string of the molecule is NCCc1cccc(-c2nc(N3CCOCC3)no2)c1. The molecular formula is C14H18N4O2. The van der Waals surface area contributed by atoms with Crippen LogP contribution in [0.3, 0.4) is 0 Å². The molecule has 1 aliphatic heterocycles. The van der Waals surface area contributed by atoms with Gasteiger partial charge in [-0.1, -0.05) is 12.1 Å². The topological polar surface area (TPSA) is 77.4 Å². The van der Waals surface area contributed by atoms with Gasteiger partial charge >= 0.3 is 0 Å². The minimum absolute atomic E-state index is 0.547. The molecule has 2 aromatic rings. The van der Waals surface area contributed by atoms with Gasteiger partial charge in [0.15, 0.2) is 0 Å². The third-order valence-corrected chi connectivity index (χ3v) is 3.32. The number of hydrogen-bond acceptors (Lipinski definition) is 6. The van der Waals surface area contributed by atoms with Crippen molar-refractivity contribution >= 4 is 5.95 Å². The largest absolute Gasteiger partial charge is 0.378 e. The first-order valence-electron chi connectivity index (χ1n) is 6.82. The number of ether oxygens (including phenoxy) is 1. The molecule has 0 bridgehead atoms. The zero-order valence-electron chi connectivity index (χ0n) is 11.3. The number of aromatic nitrogens is 2. The lowest BCUT2D eigenvalue weighted by molar-refractivity contribution is 0.121. The summed E-state index contributed by atoms with van der Waals surface area (Å²) in [6, 6.07) is 8.05. The standard InChI is InChI=1S/C14H18N4O2/c15-5-4-11-2-1-3-12(10-11)13-16-14(17-20-13)18-6-8-19-9-7-18/h1-3,10H,4-9,15H2. The van der Waals surface area contributed by atoms with E-state index in [1.165, 1.54) is 5.56 Å². The van der Waals surface area contributed by atoms with Crippen LogP contribution in [0.2, 0.25) is 0 Å². The fourth-order valence-corrected chi connectivity index (χ4v) is 2.25. The quantitative estimate of drug-likeness (QED) is 0.898. The fraction of sp³-hybridized carbons (Fsp3) is 0.429. The molecule has 1 aromatic heterocycles. The van der Waals surface area contributed by atoms with Gasteiger partial charge < -0.3 is 19.9 Å². The van der Waals surface area contributed by atoms with Gasteiger partial charge in [-0.3, -0.25) is 0 Å². The molecule has 0 saturated carbocycles. The molecule has 0 radical (unpaired) electrons. The lowest BCUT2D eigenvalue weighted by Crippen LogP contribution is -2.36. The zero-order valence-corrected chi connectivity index (χ0v) is 11.3. The molecule has 6 nitrogen and oxygen atoms in total. The smallest absolute Gasteiger partial charge is 0.266 e. The van der Waals surface area contributed by atoms with E-state index in [0.717, 1.165) is 25.1 Å². The Labute approximate surface area is 117 Å². The van der Waals surface area contributed by atoms with Gasteiger partial charge in [-0.25, -0.2) is 0 Å². The summed E-state index contributed by atoms with van der Waals surface area (Å²) in [5.41, 5.74) is 7.69. The molecule has 0 atom stereocenters. The molecule has 0 spiro atoms. The third-order valence-electron chi connectivity index (χ3n) is 3.32. The van der Waals surface area contributed by atoms with E-state index in [-0.39, 0.29) is 0 Å². The summed E-state index contributed by atoms with van der Waals surface area (Å²) in [4.78, 5) is 6.54. The predicted octanol–water partition coefficient (Wildman–Crippen LogP) is 1.07. The highest BCUT2D eigenvalue weighted by molar-refractivity contribution is 5.55. The van der Waals surface area contributed by atoms with Crippen molar-refractivity contribution in [2.24, 2.45) is 5.73 Å². The second kappa shape index (κ2) is 6.02. The van der Waals surface area contributed by atoms with Crippen LogP contribution >= 0.6 is 0 Å². The molecule has 2 N–H and O–H groups in total. The Morgan fingerprint density at radius 1 is 1.25 bits per heavy atom. The fourth-order valence-electron chi connectivity index (χ4n) is 2.25. The minimum atomic E-state index is 0.547. The van der Waals surface area contributed by atoms with Crippen LogP contribution in [0, 0.1) is 0 Å². The number of benzene rings is 1. The van der Waals surface area contributed by atoms with Gasteiger partial charge in [0.05, 0.1) is 13.2 Å². The van der Waals surface area contributed by atoms with Gasteiger partial charge in [0.2, 0.25) is 0 Å². The molecule has 1 aromatic carbocycles. The molecule has 1 fully saturated rings. The van der Waals surface area contributed by atoms with Crippen LogP contribution in [0.4, 0.5) is 5.95 Å². The third kappa shape index (κ3) is 2.81. The second-order valence-corrected chi connectivity index (χ2v) is 4.74. The van der Waals surface area contributed by atoms with Crippen molar-refractivity contribution < 1.29 is 9.26 Å². The highest BCUT2D eigenvalue weighted by Crippen LogP contribution is 2.21. The zero-order chi connectivity index (χ0) is 13.8. The molecule has 0 unspecified atom stereocenters. The van der Waals surface area contributed by atoms with E-state index in [4.69, 9.17) is 15.0 Å². The number of hydrogen-bond donors (Lipinski definition) is 1. The van der Waals surface area contributed by atoms with Crippen LogP contribution in [-0.2, 0) is 11.2 Å². The van der Waals surface area contributed by atoms with Crippen molar-refractivity contribution in [3.63, 3.8) is 0 Å². The van der Waals surface area contributed by atoms with E-state index in [1.807, 2.05) is 18.2 Å². The highest BCUT2D eigenvalue weighted by Gasteiger charge is 2.17. The van der Waals surface area contributed by atoms with Crippen LogP contribution in [0.15, 0.2) is 28.8 Å². The molecule has 0 amide bonds. The summed E-state index contributed by atoms with van der Waals surface area (Å²) in [6.07, 6.45) is 0.846. The molecular weight excluding hydrogens is 256 g/mol. The molecule has 0 aliphatic carbocycles. The molecule has 2 heterocycles. The average molecular weight is 274 g/mol. The Balaban J connectivity index is 1.80. The Hall–Kier alpha value is -1.92. The van der Waals surface area contributed by atoms with E-state index in [2.05, 4.69) is 21.1 Å². The van der Waals surface area contributed by atoms with Gasteiger partial charge in [-0.05, 0) is 35.8 Å². The first-order valence-corrected chi connectivity index (χ1v) is 6.82. The van der Waals surface area contributed by atoms with Gasteiger partial charge in [-0.2, -0.15) is 4.98 Å². The predicted molar refractivity (Wildman–Crippen MR) is 75.5 cm³/mol. The summed E-state index contributed by atoms with van der Waals surface area (Å²) in [5, 5.41) is 4.05. The van der Waals surface area contributed by atoms with Crippen molar-refractivity contribution in [1.29, 1.82) is 0 Å². The van der Waals surface area contributed by atoms with Crippen LogP contribution in [-0.4, -0.2) is 43.0 Å². The monoisotopic (exact) mass is 274 g/mol. The Kier molecular flexibility index (Phi) is 3.94. The summed E-state index contributed by atoms with van der Waals surface area (Å²) in [5.74, 6) is 1.18. The number of nitrogens with zero attached hydrogens (tertiary/aromatic N) is 3. The number of anilines is 1. The average Bonchev–Trinajstić information content (AvgIpc) is 2.99. The Bertz CT molecular complexity index is 564. The van der Waals surface area contributed by atoms with Crippen molar-refractivity contribution in [3.8, 4) is 11.5 Å². The normalized spacial score (nSPS) is 15.6. The Morgan fingerprint density at radius 2 is 2.10 bits per heavy atom. The molecule has 1 aliphatic rings. The van der Waals surface area contributed by atoms with Crippen molar-refractivity contribution in [2.75, 3.05) is 37.7 Å². The van der Waals surface area contributed by atoms with E-state index in [0.29, 0.717) is 31.6 Å². The van der Waals surface area contributed by atoms with E-state index < -0.39 is 0 Å². The second-order valence-electron chi connectivity index (χ2n) is 4.74. The molecule has 20 heavy (non-hydrogen) atoms. The van der Waals surface area contributed by atoms with Crippen LogP contribution in [0.1, 0.15) is 5.56 Å². The molecule has 3 rings (SSSR count). The molecule has 6 heteroatoms.